The minimum atomic E-state index is -0.674. The minimum absolute atomic E-state index is 0.0854. The standard InChI is InChI=1S/C25H20N2O3/c28-21(14-13-18-8-3-1-4-9-18)22-23(20-11-5-2-6-12-20)27(25(30)24(22)29)17-19-10-7-15-26-16-19/h1-16,23,29H,17H2. The van der Waals surface area contributed by atoms with Crippen LogP contribution in [0.3, 0.4) is 0 Å². The predicted octanol–water partition coefficient (Wildman–Crippen LogP) is 4.26. The molecule has 0 radical (unpaired) electrons. The van der Waals surface area contributed by atoms with Crippen molar-refractivity contribution in [3.63, 3.8) is 0 Å². The third kappa shape index (κ3) is 3.91. The van der Waals surface area contributed by atoms with Crippen molar-refractivity contribution in [1.29, 1.82) is 0 Å². The Hall–Kier alpha value is -3.99. The number of benzene rings is 2. The zero-order chi connectivity index (χ0) is 20.9. The van der Waals surface area contributed by atoms with Gasteiger partial charge in [-0.3, -0.25) is 14.6 Å². The number of pyridine rings is 1. The second-order valence-corrected chi connectivity index (χ2v) is 6.98. The highest BCUT2D eigenvalue weighted by Crippen LogP contribution is 2.38. The van der Waals surface area contributed by atoms with Crippen molar-refractivity contribution in [1.82, 2.24) is 9.88 Å². The van der Waals surface area contributed by atoms with Crippen molar-refractivity contribution in [2.75, 3.05) is 0 Å². The van der Waals surface area contributed by atoms with E-state index in [0.717, 1.165) is 16.7 Å². The highest BCUT2D eigenvalue weighted by molar-refractivity contribution is 6.14. The lowest BCUT2D eigenvalue weighted by atomic mass is 9.95. The lowest BCUT2D eigenvalue weighted by molar-refractivity contribution is -0.130. The first kappa shape index (κ1) is 19.3. The molecule has 30 heavy (non-hydrogen) atoms. The Balaban J connectivity index is 1.70. The lowest BCUT2D eigenvalue weighted by Gasteiger charge is -2.26. The van der Waals surface area contributed by atoms with Gasteiger partial charge < -0.3 is 10.0 Å². The third-order valence-electron chi connectivity index (χ3n) is 4.99. The quantitative estimate of drug-likeness (QED) is 0.632. The van der Waals surface area contributed by atoms with Crippen molar-refractivity contribution >= 4 is 17.8 Å². The Bertz CT molecular complexity index is 1110. The van der Waals surface area contributed by atoms with E-state index in [-0.39, 0.29) is 12.1 Å². The Kier molecular flexibility index (Phi) is 5.52. The lowest BCUT2D eigenvalue weighted by Crippen LogP contribution is -2.30. The SMILES string of the molecule is O=C(C=Cc1ccccc1)C1=C(O)C(=O)N(Cc2cccnc2)C1c1ccccc1. The molecule has 1 N–H and O–H groups in total. The molecule has 0 bridgehead atoms. The van der Waals surface area contributed by atoms with Crippen molar-refractivity contribution in [3.8, 4) is 0 Å². The molecule has 1 atom stereocenters. The maximum absolute atomic E-state index is 13.1. The van der Waals surface area contributed by atoms with E-state index in [0.29, 0.717) is 0 Å². The molecular formula is C25H20N2O3. The number of nitrogens with zero attached hydrogens (tertiary/aromatic N) is 2. The fourth-order valence-corrected chi connectivity index (χ4v) is 3.56. The van der Waals surface area contributed by atoms with Crippen LogP contribution in [-0.4, -0.2) is 26.7 Å². The molecule has 0 fully saturated rings. The summed E-state index contributed by atoms with van der Waals surface area (Å²) >= 11 is 0. The molecule has 0 saturated heterocycles. The highest BCUT2D eigenvalue weighted by Gasteiger charge is 2.42. The van der Waals surface area contributed by atoms with Crippen LogP contribution in [0, 0.1) is 0 Å². The molecule has 4 rings (SSSR count). The van der Waals surface area contributed by atoms with E-state index in [1.54, 1.807) is 24.5 Å². The largest absolute Gasteiger partial charge is 0.503 e. The molecule has 3 aromatic rings. The van der Waals surface area contributed by atoms with Crippen molar-refractivity contribution in [2.45, 2.75) is 12.6 Å². The van der Waals surface area contributed by atoms with E-state index < -0.39 is 23.5 Å². The molecule has 5 nitrogen and oxygen atoms in total. The van der Waals surface area contributed by atoms with Crippen LogP contribution >= 0.6 is 0 Å². The number of allylic oxidation sites excluding steroid dienone is 1. The number of rotatable bonds is 6. The van der Waals surface area contributed by atoms with Gasteiger partial charge in [0.25, 0.3) is 5.91 Å². The predicted molar refractivity (Wildman–Crippen MR) is 114 cm³/mol. The van der Waals surface area contributed by atoms with Gasteiger partial charge in [-0.2, -0.15) is 0 Å². The van der Waals surface area contributed by atoms with Gasteiger partial charge in [-0.25, -0.2) is 0 Å². The van der Waals surface area contributed by atoms with Crippen LogP contribution in [0.15, 0.2) is 103 Å². The second-order valence-electron chi connectivity index (χ2n) is 6.98. The second kappa shape index (κ2) is 8.57. The number of hydrogen-bond acceptors (Lipinski definition) is 4. The van der Waals surface area contributed by atoms with Gasteiger partial charge in [0, 0.05) is 18.9 Å². The van der Waals surface area contributed by atoms with E-state index in [4.69, 9.17) is 0 Å². The summed E-state index contributed by atoms with van der Waals surface area (Å²) in [7, 11) is 0. The number of carbonyl (C=O) groups excluding carboxylic acids is 2. The van der Waals surface area contributed by atoms with Crippen LogP contribution in [0.1, 0.15) is 22.7 Å². The number of ketones is 1. The number of aromatic nitrogens is 1. The van der Waals surface area contributed by atoms with E-state index in [1.165, 1.54) is 11.0 Å². The van der Waals surface area contributed by atoms with Crippen LogP contribution in [0.25, 0.3) is 6.08 Å². The summed E-state index contributed by atoms with van der Waals surface area (Å²) in [6.45, 7) is 0.232. The van der Waals surface area contributed by atoms with Crippen LogP contribution in [0.4, 0.5) is 0 Å². The first-order chi connectivity index (χ1) is 14.6. The van der Waals surface area contributed by atoms with Crippen molar-refractivity contribution < 1.29 is 14.7 Å². The van der Waals surface area contributed by atoms with E-state index in [9.17, 15) is 14.7 Å². The Morgan fingerprint density at radius 3 is 2.37 bits per heavy atom. The molecule has 5 heteroatoms. The molecule has 1 aliphatic heterocycles. The van der Waals surface area contributed by atoms with Gasteiger partial charge in [-0.05, 0) is 28.8 Å². The van der Waals surface area contributed by atoms with Crippen LogP contribution in [-0.2, 0) is 16.1 Å². The van der Waals surface area contributed by atoms with Crippen LogP contribution < -0.4 is 0 Å². The van der Waals surface area contributed by atoms with E-state index in [2.05, 4.69) is 4.98 Å². The average molecular weight is 396 g/mol. The molecule has 0 spiro atoms. The molecular weight excluding hydrogens is 376 g/mol. The molecule has 148 valence electrons. The summed E-state index contributed by atoms with van der Waals surface area (Å²) in [5.41, 5.74) is 2.52. The van der Waals surface area contributed by atoms with Gasteiger partial charge in [-0.1, -0.05) is 72.8 Å². The van der Waals surface area contributed by atoms with Crippen LogP contribution in [0.2, 0.25) is 0 Å². The van der Waals surface area contributed by atoms with E-state index >= 15 is 0 Å². The number of aliphatic hydroxyl groups is 1. The number of hydrogen-bond donors (Lipinski definition) is 1. The molecule has 1 aromatic heterocycles. The molecule has 1 aliphatic rings. The monoisotopic (exact) mass is 396 g/mol. The number of carbonyl (C=O) groups is 2. The number of amides is 1. The maximum atomic E-state index is 13.1. The summed E-state index contributed by atoms with van der Waals surface area (Å²) < 4.78 is 0. The van der Waals surface area contributed by atoms with Crippen LogP contribution in [0.5, 0.6) is 0 Å². The molecule has 1 amide bonds. The molecule has 0 aliphatic carbocycles. The first-order valence-corrected chi connectivity index (χ1v) is 9.60. The summed E-state index contributed by atoms with van der Waals surface area (Å²) in [5.74, 6) is -1.47. The zero-order valence-electron chi connectivity index (χ0n) is 16.2. The maximum Gasteiger partial charge on any atom is 0.290 e. The summed E-state index contributed by atoms with van der Waals surface area (Å²) in [5, 5.41) is 10.6. The molecule has 0 saturated carbocycles. The first-order valence-electron chi connectivity index (χ1n) is 9.60. The summed E-state index contributed by atoms with van der Waals surface area (Å²) in [6, 6.07) is 21.6. The normalized spacial score (nSPS) is 16.5. The molecule has 2 heterocycles. The highest BCUT2D eigenvalue weighted by atomic mass is 16.3. The fraction of sp³-hybridized carbons (Fsp3) is 0.0800. The Labute approximate surface area is 174 Å². The van der Waals surface area contributed by atoms with Crippen molar-refractivity contribution in [3.05, 3.63) is 119 Å². The summed E-state index contributed by atoms with van der Waals surface area (Å²) in [6.07, 6.45) is 6.40. The van der Waals surface area contributed by atoms with Gasteiger partial charge in [0.2, 0.25) is 0 Å². The van der Waals surface area contributed by atoms with Gasteiger partial charge >= 0.3 is 0 Å². The summed E-state index contributed by atoms with van der Waals surface area (Å²) in [4.78, 5) is 31.6. The third-order valence-corrected chi connectivity index (χ3v) is 4.99. The van der Waals surface area contributed by atoms with Gasteiger partial charge in [0.05, 0.1) is 11.6 Å². The molecule has 2 aromatic carbocycles. The average Bonchev–Trinajstić information content (AvgIpc) is 3.04. The Morgan fingerprint density at radius 2 is 1.70 bits per heavy atom. The minimum Gasteiger partial charge on any atom is -0.503 e. The smallest absolute Gasteiger partial charge is 0.290 e. The van der Waals surface area contributed by atoms with E-state index in [1.807, 2.05) is 66.7 Å². The van der Waals surface area contributed by atoms with Gasteiger partial charge in [0.15, 0.2) is 11.5 Å². The van der Waals surface area contributed by atoms with Gasteiger partial charge in [-0.15, -0.1) is 0 Å². The molecule has 1 unspecified atom stereocenters. The number of aliphatic hydroxyl groups excluding tert-OH is 1. The fourth-order valence-electron chi connectivity index (χ4n) is 3.56. The Morgan fingerprint density at radius 1 is 1.00 bits per heavy atom. The zero-order valence-corrected chi connectivity index (χ0v) is 16.2. The van der Waals surface area contributed by atoms with Crippen molar-refractivity contribution in [2.24, 2.45) is 0 Å². The van der Waals surface area contributed by atoms with Gasteiger partial charge in [0.1, 0.15) is 0 Å². The topological polar surface area (TPSA) is 70.5 Å².